The number of hydrogen-bond acceptors (Lipinski definition) is 1. The van der Waals surface area contributed by atoms with Gasteiger partial charge in [0.05, 0.1) is 0 Å². The summed E-state index contributed by atoms with van der Waals surface area (Å²) in [6.45, 7) is 4.64. The van der Waals surface area contributed by atoms with E-state index in [1.165, 1.54) is 96.3 Å². The van der Waals surface area contributed by atoms with Crippen molar-refractivity contribution < 1.29 is 0 Å². The molecule has 0 aromatic carbocycles. The van der Waals surface area contributed by atoms with Crippen LogP contribution >= 0.6 is 0 Å². The van der Waals surface area contributed by atoms with Crippen LogP contribution in [0.5, 0.6) is 0 Å². The van der Waals surface area contributed by atoms with Gasteiger partial charge in [-0.15, -0.1) is 0 Å². The minimum atomic E-state index is 0.490. The Morgan fingerprint density at radius 2 is 1.48 bits per heavy atom. The third kappa shape index (κ3) is 8.86. The Hall–Kier alpha value is -0.0400. The molecule has 1 rings (SSSR count). The molecule has 1 aliphatic rings. The highest BCUT2D eigenvalue weighted by Crippen LogP contribution is 2.33. The first-order valence-electron chi connectivity index (χ1n) is 10.0. The Labute approximate surface area is 134 Å². The lowest BCUT2D eigenvalue weighted by molar-refractivity contribution is 0.221. The van der Waals surface area contributed by atoms with Crippen LogP contribution in [0.2, 0.25) is 0 Å². The molecule has 0 amide bonds. The molecule has 0 radical (unpaired) electrons. The van der Waals surface area contributed by atoms with Gasteiger partial charge in [0, 0.05) is 6.04 Å². The summed E-state index contributed by atoms with van der Waals surface area (Å²) in [6, 6.07) is 0.490. The Bertz CT molecular complexity index is 226. The van der Waals surface area contributed by atoms with E-state index in [0.29, 0.717) is 6.04 Å². The lowest BCUT2D eigenvalue weighted by Gasteiger charge is -2.32. The highest BCUT2D eigenvalue weighted by atomic mass is 14.6. The monoisotopic (exact) mass is 295 g/mol. The molecule has 1 heteroatoms. The molecule has 0 spiro atoms. The maximum absolute atomic E-state index is 6.46. The summed E-state index contributed by atoms with van der Waals surface area (Å²) in [4.78, 5) is 0. The van der Waals surface area contributed by atoms with Crippen molar-refractivity contribution in [3.8, 4) is 0 Å². The lowest BCUT2D eigenvalue weighted by Crippen LogP contribution is -2.33. The summed E-state index contributed by atoms with van der Waals surface area (Å²) < 4.78 is 0. The lowest BCUT2D eigenvalue weighted by atomic mass is 9.76. The van der Waals surface area contributed by atoms with Crippen molar-refractivity contribution in [2.75, 3.05) is 0 Å². The fraction of sp³-hybridized carbons (Fsp3) is 1.00. The first-order valence-corrected chi connectivity index (χ1v) is 10.0. The van der Waals surface area contributed by atoms with Gasteiger partial charge in [0.1, 0.15) is 0 Å². The van der Waals surface area contributed by atoms with Crippen LogP contribution in [0.3, 0.4) is 0 Å². The molecular weight excluding hydrogens is 254 g/mol. The number of unbranched alkanes of at least 4 members (excludes halogenated alkanes) is 8. The zero-order valence-electron chi connectivity index (χ0n) is 14.9. The van der Waals surface area contributed by atoms with Gasteiger partial charge >= 0.3 is 0 Å². The fourth-order valence-electron chi connectivity index (χ4n) is 4.02. The summed E-state index contributed by atoms with van der Waals surface area (Å²) >= 11 is 0. The molecule has 1 fully saturated rings. The predicted molar refractivity (Wildman–Crippen MR) is 95.6 cm³/mol. The van der Waals surface area contributed by atoms with Crippen LogP contribution in [-0.2, 0) is 0 Å². The van der Waals surface area contributed by atoms with Gasteiger partial charge in [-0.05, 0) is 31.1 Å². The van der Waals surface area contributed by atoms with Crippen molar-refractivity contribution in [2.24, 2.45) is 17.6 Å². The third-order valence-corrected chi connectivity index (χ3v) is 5.65. The third-order valence-electron chi connectivity index (χ3n) is 5.65. The molecule has 0 saturated heterocycles. The normalized spacial score (nSPS) is 24.1. The zero-order valence-corrected chi connectivity index (χ0v) is 14.9. The molecule has 1 nitrogen and oxygen atoms in total. The second kappa shape index (κ2) is 12.5. The molecule has 3 unspecified atom stereocenters. The molecule has 21 heavy (non-hydrogen) atoms. The van der Waals surface area contributed by atoms with E-state index in [2.05, 4.69) is 13.8 Å². The van der Waals surface area contributed by atoms with E-state index in [0.717, 1.165) is 11.8 Å². The van der Waals surface area contributed by atoms with Crippen molar-refractivity contribution in [1.82, 2.24) is 0 Å². The topological polar surface area (TPSA) is 26.0 Å². The van der Waals surface area contributed by atoms with Crippen molar-refractivity contribution in [3.63, 3.8) is 0 Å². The Kier molecular flexibility index (Phi) is 11.3. The highest BCUT2D eigenvalue weighted by Gasteiger charge is 2.25. The van der Waals surface area contributed by atoms with E-state index in [4.69, 9.17) is 5.73 Å². The summed E-state index contributed by atoms with van der Waals surface area (Å²) in [5.74, 6) is 1.80. The predicted octanol–water partition coefficient (Wildman–Crippen LogP) is 6.45. The van der Waals surface area contributed by atoms with Crippen molar-refractivity contribution in [3.05, 3.63) is 0 Å². The molecule has 0 heterocycles. The molecule has 2 N–H and O–H groups in total. The van der Waals surface area contributed by atoms with Gasteiger partial charge in [-0.3, -0.25) is 0 Å². The molecular formula is C20H41N. The maximum Gasteiger partial charge on any atom is 0.00672 e. The quantitative estimate of drug-likeness (QED) is 0.411. The SMILES string of the molecule is CCCCCCCCCCCC(N)C1CCCC(CC)C1. The minimum Gasteiger partial charge on any atom is -0.327 e. The zero-order chi connectivity index (χ0) is 15.3. The number of hydrogen-bond donors (Lipinski definition) is 1. The van der Waals surface area contributed by atoms with E-state index in [1.54, 1.807) is 0 Å². The molecule has 1 saturated carbocycles. The molecule has 0 aliphatic heterocycles. The number of rotatable bonds is 12. The van der Waals surface area contributed by atoms with Crippen LogP contribution in [0.4, 0.5) is 0 Å². The summed E-state index contributed by atoms with van der Waals surface area (Å²) in [5.41, 5.74) is 6.46. The van der Waals surface area contributed by atoms with Gasteiger partial charge in [0.15, 0.2) is 0 Å². The summed E-state index contributed by atoms with van der Waals surface area (Å²) in [5, 5.41) is 0. The van der Waals surface area contributed by atoms with Gasteiger partial charge in [-0.1, -0.05) is 90.9 Å². The maximum atomic E-state index is 6.46. The van der Waals surface area contributed by atoms with Crippen molar-refractivity contribution >= 4 is 0 Å². The van der Waals surface area contributed by atoms with Crippen LogP contribution in [0.15, 0.2) is 0 Å². The largest absolute Gasteiger partial charge is 0.327 e. The molecule has 3 atom stereocenters. The molecule has 126 valence electrons. The van der Waals surface area contributed by atoms with Crippen LogP contribution in [0.25, 0.3) is 0 Å². The smallest absolute Gasteiger partial charge is 0.00672 e. The molecule has 0 bridgehead atoms. The summed E-state index contributed by atoms with van der Waals surface area (Å²) in [6.07, 6.45) is 21.1. The van der Waals surface area contributed by atoms with Gasteiger partial charge in [0.25, 0.3) is 0 Å². The van der Waals surface area contributed by atoms with E-state index >= 15 is 0 Å². The summed E-state index contributed by atoms with van der Waals surface area (Å²) in [7, 11) is 0. The van der Waals surface area contributed by atoms with Crippen molar-refractivity contribution in [1.29, 1.82) is 0 Å². The van der Waals surface area contributed by atoms with Gasteiger partial charge in [-0.25, -0.2) is 0 Å². The number of nitrogens with two attached hydrogens (primary N) is 1. The van der Waals surface area contributed by atoms with E-state index in [1.807, 2.05) is 0 Å². The Morgan fingerprint density at radius 1 is 0.857 bits per heavy atom. The second-order valence-electron chi connectivity index (χ2n) is 7.48. The van der Waals surface area contributed by atoms with Crippen LogP contribution in [-0.4, -0.2) is 6.04 Å². The van der Waals surface area contributed by atoms with Crippen LogP contribution < -0.4 is 5.73 Å². The standard InChI is InChI=1S/C20H41N/c1-3-5-6-7-8-9-10-11-12-16-20(21)19-15-13-14-18(4-2)17-19/h18-20H,3-17,21H2,1-2H3. The average Bonchev–Trinajstić information content (AvgIpc) is 2.53. The van der Waals surface area contributed by atoms with E-state index in [-0.39, 0.29) is 0 Å². The van der Waals surface area contributed by atoms with Crippen molar-refractivity contribution in [2.45, 2.75) is 116 Å². The van der Waals surface area contributed by atoms with Gasteiger partial charge < -0.3 is 5.73 Å². The highest BCUT2D eigenvalue weighted by molar-refractivity contribution is 4.80. The van der Waals surface area contributed by atoms with E-state index < -0.39 is 0 Å². The molecule has 0 aromatic heterocycles. The fourth-order valence-corrected chi connectivity index (χ4v) is 4.02. The average molecular weight is 296 g/mol. The Balaban J connectivity index is 1.94. The minimum absolute atomic E-state index is 0.490. The van der Waals surface area contributed by atoms with Crippen LogP contribution in [0.1, 0.15) is 110 Å². The first kappa shape index (κ1) is 19.0. The Morgan fingerprint density at radius 3 is 2.10 bits per heavy atom. The second-order valence-corrected chi connectivity index (χ2v) is 7.48. The molecule has 0 aromatic rings. The van der Waals surface area contributed by atoms with Gasteiger partial charge in [-0.2, -0.15) is 0 Å². The molecule has 1 aliphatic carbocycles. The van der Waals surface area contributed by atoms with E-state index in [9.17, 15) is 0 Å². The van der Waals surface area contributed by atoms with Gasteiger partial charge in [0.2, 0.25) is 0 Å². The van der Waals surface area contributed by atoms with Crippen LogP contribution in [0, 0.1) is 11.8 Å². The first-order chi connectivity index (χ1) is 10.3.